The van der Waals surface area contributed by atoms with Crippen LogP contribution < -0.4 is 10.1 Å². The maximum absolute atomic E-state index is 13.3. The lowest BCUT2D eigenvalue weighted by molar-refractivity contribution is 0.0527. The van der Waals surface area contributed by atoms with Gasteiger partial charge in [-0.25, -0.2) is 9.59 Å². The van der Waals surface area contributed by atoms with Crippen molar-refractivity contribution in [3.8, 4) is 11.4 Å². The van der Waals surface area contributed by atoms with E-state index in [-0.39, 0.29) is 23.8 Å². The van der Waals surface area contributed by atoms with E-state index in [1.165, 1.54) is 0 Å². The third-order valence-electron chi connectivity index (χ3n) is 6.39. The van der Waals surface area contributed by atoms with Crippen LogP contribution in [0.1, 0.15) is 43.7 Å². The number of benzene rings is 4. The normalized spacial score (nSPS) is 10.8. The molecule has 0 radical (unpaired) electrons. The molecule has 8 heteroatoms. The average molecular weight is 597 g/mol. The van der Waals surface area contributed by atoms with Crippen molar-refractivity contribution >= 4 is 50.4 Å². The first-order valence-corrected chi connectivity index (χ1v) is 13.4. The van der Waals surface area contributed by atoms with E-state index in [1.54, 1.807) is 67.6 Å². The van der Waals surface area contributed by atoms with Crippen LogP contribution in [-0.2, 0) is 4.74 Å². The predicted octanol–water partition coefficient (Wildman–Crippen LogP) is 7.35. The van der Waals surface area contributed by atoms with Crippen molar-refractivity contribution in [1.82, 2.24) is 4.57 Å². The summed E-state index contributed by atoms with van der Waals surface area (Å²) in [4.78, 5) is 39.2. The number of anilines is 1. The van der Waals surface area contributed by atoms with Crippen LogP contribution in [0.15, 0.2) is 102 Å². The fourth-order valence-electron chi connectivity index (χ4n) is 4.60. The zero-order valence-electron chi connectivity index (χ0n) is 21.8. The second kappa shape index (κ2) is 11.6. The molecule has 0 aliphatic carbocycles. The van der Waals surface area contributed by atoms with Crippen molar-refractivity contribution in [3.63, 3.8) is 0 Å². The van der Waals surface area contributed by atoms with Crippen molar-refractivity contribution < 1.29 is 23.9 Å². The number of nitrogens with zero attached hydrogens (tertiary/aromatic N) is 1. The molecule has 0 spiro atoms. The highest BCUT2D eigenvalue weighted by Gasteiger charge is 2.23. The van der Waals surface area contributed by atoms with Gasteiger partial charge in [0.25, 0.3) is 5.91 Å². The molecule has 40 heavy (non-hydrogen) atoms. The van der Waals surface area contributed by atoms with Crippen molar-refractivity contribution in [2.75, 3.05) is 11.9 Å². The van der Waals surface area contributed by atoms with Crippen LogP contribution >= 0.6 is 15.9 Å². The fourth-order valence-corrected chi connectivity index (χ4v) is 5.06. The molecule has 1 aromatic heterocycles. The topological polar surface area (TPSA) is 86.6 Å². The van der Waals surface area contributed by atoms with Crippen LogP contribution in [-0.4, -0.2) is 29.0 Å². The van der Waals surface area contributed by atoms with Gasteiger partial charge in [-0.2, -0.15) is 0 Å². The third kappa shape index (κ3) is 5.26. The van der Waals surface area contributed by atoms with E-state index in [1.807, 2.05) is 47.9 Å². The highest BCUT2D eigenvalue weighted by Crippen LogP contribution is 2.33. The monoisotopic (exact) mass is 596 g/mol. The number of fused-ring (bicyclic) bond motifs is 1. The summed E-state index contributed by atoms with van der Waals surface area (Å²) >= 11 is 3.38. The summed E-state index contributed by atoms with van der Waals surface area (Å²) < 4.78 is 13.7. The first kappa shape index (κ1) is 26.9. The second-order valence-electron chi connectivity index (χ2n) is 8.90. The number of carbonyl (C=O) groups is 3. The van der Waals surface area contributed by atoms with Gasteiger partial charge in [-0.3, -0.25) is 4.79 Å². The van der Waals surface area contributed by atoms with Crippen LogP contribution in [0.25, 0.3) is 16.6 Å². The quantitative estimate of drug-likeness (QED) is 0.157. The van der Waals surface area contributed by atoms with Crippen LogP contribution in [0.3, 0.4) is 0 Å². The summed E-state index contributed by atoms with van der Waals surface area (Å²) in [6, 6.07) is 28.5. The number of aromatic nitrogens is 1. The van der Waals surface area contributed by atoms with Crippen molar-refractivity contribution in [3.05, 3.63) is 124 Å². The van der Waals surface area contributed by atoms with Gasteiger partial charge >= 0.3 is 11.9 Å². The number of carbonyl (C=O) groups excluding carboxylic acids is 3. The van der Waals surface area contributed by atoms with Crippen LogP contribution in [0, 0.1) is 6.92 Å². The highest BCUT2D eigenvalue weighted by atomic mass is 79.9. The molecular weight excluding hydrogens is 572 g/mol. The Bertz CT molecular complexity index is 1740. The number of hydrogen-bond donors (Lipinski definition) is 1. The molecule has 0 aliphatic heterocycles. The zero-order valence-corrected chi connectivity index (χ0v) is 23.4. The Morgan fingerprint density at radius 3 is 2.23 bits per heavy atom. The van der Waals surface area contributed by atoms with E-state index in [4.69, 9.17) is 9.47 Å². The van der Waals surface area contributed by atoms with E-state index >= 15 is 0 Å². The summed E-state index contributed by atoms with van der Waals surface area (Å²) in [5.41, 5.74) is 3.70. The maximum Gasteiger partial charge on any atom is 0.345 e. The summed E-state index contributed by atoms with van der Waals surface area (Å²) in [6.07, 6.45) is 0. The summed E-state index contributed by atoms with van der Waals surface area (Å²) in [5, 5.41) is 3.39. The Labute approximate surface area is 239 Å². The van der Waals surface area contributed by atoms with Gasteiger partial charge in [-0.05, 0) is 84.4 Å². The molecule has 0 aliphatic rings. The van der Waals surface area contributed by atoms with E-state index in [9.17, 15) is 14.4 Å². The number of halogens is 1. The van der Waals surface area contributed by atoms with Gasteiger partial charge in [-0.1, -0.05) is 42.5 Å². The Morgan fingerprint density at radius 1 is 0.825 bits per heavy atom. The van der Waals surface area contributed by atoms with Gasteiger partial charge in [0.1, 0.15) is 5.75 Å². The van der Waals surface area contributed by atoms with E-state index < -0.39 is 11.9 Å². The van der Waals surface area contributed by atoms with E-state index in [0.717, 1.165) is 11.2 Å². The summed E-state index contributed by atoms with van der Waals surface area (Å²) in [6.45, 7) is 3.84. The van der Waals surface area contributed by atoms with Crippen molar-refractivity contribution in [2.45, 2.75) is 13.8 Å². The predicted molar refractivity (Wildman–Crippen MR) is 157 cm³/mol. The van der Waals surface area contributed by atoms with Crippen molar-refractivity contribution in [1.29, 1.82) is 0 Å². The average Bonchev–Trinajstić information content (AvgIpc) is 3.25. The number of hydrogen-bond acceptors (Lipinski definition) is 5. The summed E-state index contributed by atoms with van der Waals surface area (Å²) in [5.74, 6) is -1.23. The highest BCUT2D eigenvalue weighted by molar-refractivity contribution is 9.10. The molecule has 200 valence electrons. The van der Waals surface area contributed by atoms with Crippen LogP contribution in [0.4, 0.5) is 5.69 Å². The number of amides is 1. The van der Waals surface area contributed by atoms with Gasteiger partial charge in [0, 0.05) is 21.2 Å². The molecule has 0 bridgehead atoms. The minimum Gasteiger partial charge on any atom is -0.462 e. The molecule has 5 aromatic rings. The lowest BCUT2D eigenvalue weighted by atomic mass is 10.1. The van der Waals surface area contributed by atoms with Crippen LogP contribution in [0.5, 0.6) is 5.75 Å². The Balaban J connectivity index is 1.49. The standard InChI is InChI=1S/C32H25BrN2O5/c1-3-39-32(38)29-20(2)35(21-11-5-4-6-12-21)28-18-17-22(19-25(28)29)40-31(37)24-14-8-10-16-27(24)34-30(36)23-13-7-9-15-26(23)33/h4-19H,3H2,1-2H3,(H,34,36). The molecule has 0 fully saturated rings. The molecule has 4 aromatic carbocycles. The molecule has 1 heterocycles. The van der Waals surface area contributed by atoms with Crippen LogP contribution in [0.2, 0.25) is 0 Å². The molecule has 5 rings (SSSR count). The largest absolute Gasteiger partial charge is 0.462 e. The Hall–Kier alpha value is -4.69. The SMILES string of the molecule is CCOC(=O)c1c(C)n(-c2ccccc2)c2ccc(OC(=O)c3ccccc3NC(=O)c3ccccc3Br)cc12. The smallest absolute Gasteiger partial charge is 0.345 e. The molecule has 0 saturated heterocycles. The zero-order chi connectivity index (χ0) is 28.2. The number of ether oxygens (including phenoxy) is 2. The lowest BCUT2D eigenvalue weighted by Gasteiger charge is -2.12. The molecule has 7 nitrogen and oxygen atoms in total. The van der Waals surface area contributed by atoms with Gasteiger partial charge in [-0.15, -0.1) is 0 Å². The second-order valence-corrected chi connectivity index (χ2v) is 9.75. The Morgan fingerprint density at radius 2 is 1.50 bits per heavy atom. The maximum atomic E-state index is 13.3. The summed E-state index contributed by atoms with van der Waals surface area (Å²) in [7, 11) is 0. The first-order chi connectivity index (χ1) is 19.4. The van der Waals surface area contributed by atoms with E-state index in [2.05, 4.69) is 21.2 Å². The van der Waals surface area contributed by atoms with Gasteiger partial charge in [0.15, 0.2) is 0 Å². The van der Waals surface area contributed by atoms with Crippen molar-refractivity contribution in [2.24, 2.45) is 0 Å². The minimum absolute atomic E-state index is 0.187. The third-order valence-corrected chi connectivity index (χ3v) is 7.09. The van der Waals surface area contributed by atoms with Gasteiger partial charge in [0.2, 0.25) is 0 Å². The molecule has 0 saturated carbocycles. The number of rotatable bonds is 7. The Kier molecular flexibility index (Phi) is 7.79. The van der Waals surface area contributed by atoms with Gasteiger partial charge in [0.05, 0.1) is 34.5 Å². The minimum atomic E-state index is -0.653. The molecular formula is C32H25BrN2O5. The molecule has 1 amide bonds. The fraction of sp³-hybridized carbons (Fsp3) is 0.0938. The van der Waals surface area contributed by atoms with E-state index in [0.29, 0.717) is 32.4 Å². The number of para-hydroxylation sites is 2. The van der Waals surface area contributed by atoms with Gasteiger partial charge < -0.3 is 19.4 Å². The number of nitrogens with one attached hydrogen (secondary N) is 1. The first-order valence-electron chi connectivity index (χ1n) is 12.6. The lowest BCUT2D eigenvalue weighted by Crippen LogP contribution is -2.17. The molecule has 1 N–H and O–H groups in total. The number of esters is 2. The molecule has 0 atom stereocenters. The molecule has 0 unspecified atom stereocenters.